The number of hydrogen-bond donors (Lipinski definition) is 1. The van der Waals surface area contributed by atoms with E-state index in [9.17, 15) is 4.79 Å². The second-order valence-corrected chi connectivity index (χ2v) is 8.35. The van der Waals surface area contributed by atoms with Gasteiger partial charge in [-0.15, -0.1) is 0 Å². The number of Topliss-reactive ketones (excluding diaryl/α,β-unsaturated/α-hetero) is 1. The van der Waals surface area contributed by atoms with Gasteiger partial charge in [-0.05, 0) is 44.1 Å². The number of imidazole rings is 1. The topological polar surface area (TPSA) is 50.7 Å². The van der Waals surface area contributed by atoms with E-state index in [1.807, 2.05) is 0 Å². The Labute approximate surface area is 160 Å². The van der Waals surface area contributed by atoms with Gasteiger partial charge in [0.05, 0.1) is 12.0 Å². The van der Waals surface area contributed by atoms with Gasteiger partial charge in [-0.25, -0.2) is 4.98 Å². The average molecular weight is 361 g/mol. The van der Waals surface area contributed by atoms with Crippen molar-refractivity contribution in [2.75, 3.05) is 0 Å². The quantitative estimate of drug-likeness (QED) is 0.670. The van der Waals surface area contributed by atoms with E-state index < -0.39 is 0 Å². The lowest BCUT2D eigenvalue weighted by Crippen LogP contribution is -2.23. The summed E-state index contributed by atoms with van der Waals surface area (Å²) >= 11 is 0. The summed E-state index contributed by atoms with van der Waals surface area (Å²) in [6.45, 7) is 1.04. The van der Waals surface area contributed by atoms with Gasteiger partial charge in [0, 0.05) is 40.8 Å². The van der Waals surface area contributed by atoms with Crippen LogP contribution in [0.1, 0.15) is 60.3 Å². The fraction of sp³-hybridized carbons (Fsp3) is 0.478. The minimum absolute atomic E-state index is 0.0619. The van der Waals surface area contributed by atoms with Crippen molar-refractivity contribution in [3.05, 3.63) is 53.7 Å². The minimum atomic E-state index is 0.0619. The van der Waals surface area contributed by atoms with Crippen LogP contribution in [0.2, 0.25) is 0 Å². The number of aryl methyl sites for hydroxylation is 1. The van der Waals surface area contributed by atoms with Crippen LogP contribution in [-0.4, -0.2) is 20.3 Å². The summed E-state index contributed by atoms with van der Waals surface area (Å²) in [5.41, 5.74) is 4.41. The summed E-state index contributed by atoms with van der Waals surface area (Å²) in [4.78, 5) is 21.0. The third kappa shape index (κ3) is 3.11. The standard InChI is InChI=1S/C23H27N3O/c27-23(17-10-11-20-21(12-17)25-15-24-20)19-14-26(13-16-6-2-1-3-7-16)22-9-5-4-8-18(19)22/h4-5,8-9,14-17H,1-3,6-7,10-13H2,(H,24,25). The molecule has 1 saturated carbocycles. The van der Waals surface area contributed by atoms with Crippen molar-refractivity contribution in [2.24, 2.45) is 11.8 Å². The molecule has 4 heteroatoms. The second-order valence-electron chi connectivity index (χ2n) is 8.35. The molecule has 27 heavy (non-hydrogen) atoms. The summed E-state index contributed by atoms with van der Waals surface area (Å²) in [7, 11) is 0. The Kier molecular flexibility index (Phi) is 4.35. The monoisotopic (exact) mass is 361 g/mol. The number of aromatic nitrogens is 3. The van der Waals surface area contributed by atoms with Crippen molar-refractivity contribution in [1.82, 2.24) is 14.5 Å². The molecule has 1 atom stereocenters. The Morgan fingerprint density at radius 2 is 2.00 bits per heavy atom. The van der Waals surface area contributed by atoms with Crippen molar-refractivity contribution < 1.29 is 4.79 Å². The van der Waals surface area contributed by atoms with Crippen LogP contribution in [0.15, 0.2) is 36.8 Å². The van der Waals surface area contributed by atoms with E-state index in [-0.39, 0.29) is 5.92 Å². The first-order valence-electron chi connectivity index (χ1n) is 10.4. The Morgan fingerprint density at radius 1 is 1.15 bits per heavy atom. The molecule has 0 radical (unpaired) electrons. The molecule has 1 fully saturated rings. The number of ketones is 1. The number of nitrogens with one attached hydrogen (secondary N) is 1. The zero-order valence-corrected chi connectivity index (χ0v) is 15.8. The molecule has 5 rings (SSSR count). The molecular formula is C23H27N3O. The van der Waals surface area contributed by atoms with Crippen molar-refractivity contribution in [2.45, 2.75) is 57.9 Å². The molecule has 0 aliphatic heterocycles. The molecule has 1 N–H and O–H groups in total. The Morgan fingerprint density at radius 3 is 2.89 bits per heavy atom. The molecule has 0 saturated heterocycles. The zero-order chi connectivity index (χ0) is 18.2. The van der Waals surface area contributed by atoms with Gasteiger partial charge in [0.15, 0.2) is 5.78 Å². The van der Waals surface area contributed by atoms with Crippen LogP contribution >= 0.6 is 0 Å². The number of carbonyl (C=O) groups is 1. The summed E-state index contributed by atoms with van der Waals surface area (Å²) in [5, 5.41) is 1.12. The van der Waals surface area contributed by atoms with Crippen molar-refractivity contribution in [3.63, 3.8) is 0 Å². The predicted molar refractivity (Wildman–Crippen MR) is 107 cm³/mol. The zero-order valence-electron chi connectivity index (χ0n) is 15.8. The van der Waals surface area contributed by atoms with Gasteiger partial charge in [0.1, 0.15) is 0 Å². The Hall–Kier alpha value is -2.36. The van der Waals surface area contributed by atoms with Crippen molar-refractivity contribution >= 4 is 16.7 Å². The average Bonchev–Trinajstić information content (AvgIpc) is 3.33. The minimum Gasteiger partial charge on any atom is -0.348 e. The number of para-hydroxylation sites is 1. The highest BCUT2D eigenvalue weighted by molar-refractivity contribution is 6.09. The molecule has 1 aromatic carbocycles. The molecule has 0 bridgehead atoms. The second kappa shape index (κ2) is 6.99. The van der Waals surface area contributed by atoms with Crippen molar-refractivity contribution in [3.8, 4) is 0 Å². The Balaban J connectivity index is 1.45. The van der Waals surface area contributed by atoms with E-state index in [2.05, 4.69) is 45.0 Å². The van der Waals surface area contributed by atoms with E-state index in [0.29, 0.717) is 5.78 Å². The summed E-state index contributed by atoms with van der Waals surface area (Å²) in [6, 6.07) is 8.43. The van der Waals surface area contributed by atoms with E-state index in [1.165, 1.54) is 37.6 Å². The molecule has 0 spiro atoms. The first kappa shape index (κ1) is 16.8. The SMILES string of the molecule is O=C(c1cn(CC2CCCCC2)c2ccccc12)C1CCc2nc[nH]c2C1. The molecule has 140 valence electrons. The highest BCUT2D eigenvalue weighted by atomic mass is 16.1. The van der Waals surface area contributed by atoms with E-state index >= 15 is 0 Å². The lowest BCUT2D eigenvalue weighted by Gasteiger charge is -2.22. The number of benzene rings is 1. The molecular weight excluding hydrogens is 334 g/mol. The molecule has 2 aliphatic carbocycles. The normalized spacial score (nSPS) is 20.7. The van der Waals surface area contributed by atoms with Gasteiger partial charge in [-0.1, -0.05) is 37.5 Å². The number of nitrogens with zero attached hydrogens (tertiary/aromatic N) is 2. The van der Waals surface area contributed by atoms with Crippen LogP contribution in [0.5, 0.6) is 0 Å². The first-order valence-corrected chi connectivity index (χ1v) is 10.4. The number of hydrogen-bond acceptors (Lipinski definition) is 2. The molecule has 2 aromatic heterocycles. The number of fused-ring (bicyclic) bond motifs is 2. The summed E-state index contributed by atoms with van der Waals surface area (Å²) < 4.78 is 2.35. The van der Waals surface area contributed by atoms with Gasteiger partial charge >= 0.3 is 0 Å². The lowest BCUT2D eigenvalue weighted by molar-refractivity contribution is 0.0909. The number of H-pyrrole nitrogens is 1. The highest BCUT2D eigenvalue weighted by Gasteiger charge is 2.29. The van der Waals surface area contributed by atoms with Crippen LogP contribution < -0.4 is 0 Å². The van der Waals surface area contributed by atoms with E-state index in [4.69, 9.17) is 0 Å². The molecule has 2 heterocycles. The van der Waals surface area contributed by atoms with E-state index in [0.717, 1.165) is 54.1 Å². The lowest BCUT2D eigenvalue weighted by atomic mass is 9.84. The van der Waals surface area contributed by atoms with Gasteiger partial charge in [0.2, 0.25) is 0 Å². The van der Waals surface area contributed by atoms with Gasteiger partial charge in [-0.3, -0.25) is 4.79 Å². The highest BCUT2D eigenvalue weighted by Crippen LogP contribution is 2.32. The van der Waals surface area contributed by atoms with Gasteiger partial charge in [0.25, 0.3) is 0 Å². The molecule has 3 aromatic rings. The van der Waals surface area contributed by atoms with Gasteiger partial charge in [-0.2, -0.15) is 0 Å². The first-order chi connectivity index (χ1) is 13.3. The fourth-order valence-electron chi connectivity index (χ4n) is 5.09. The Bertz CT molecular complexity index is 961. The fourth-order valence-corrected chi connectivity index (χ4v) is 5.09. The maximum absolute atomic E-state index is 13.4. The molecule has 0 amide bonds. The third-order valence-electron chi connectivity index (χ3n) is 6.59. The van der Waals surface area contributed by atoms with Crippen LogP contribution in [0.25, 0.3) is 10.9 Å². The van der Waals surface area contributed by atoms with Gasteiger partial charge < -0.3 is 9.55 Å². The number of rotatable bonds is 4. The molecule has 2 aliphatic rings. The number of aromatic amines is 1. The summed E-state index contributed by atoms with van der Waals surface area (Å²) in [5.74, 6) is 1.11. The number of carbonyl (C=O) groups excluding carboxylic acids is 1. The summed E-state index contributed by atoms with van der Waals surface area (Å²) in [6.07, 6.45) is 13.2. The van der Waals surface area contributed by atoms with E-state index in [1.54, 1.807) is 6.33 Å². The van der Waals surface area contributed by atoms with Crippen LogP contribution in [0.4, 0.5) is 0 Å². The maximum Gasteiger partial charge on any atom is 0.168 e. The third-order valence-corrected chi connectivity index (χ3v) is 6.59. The molecule has 1 unspecified atom stereocenters. The smallest absolute Gasteiger partial charge is 0.168 e. The predicted octanol–water partition coefficient (Wildman–Crippen LogP) is 4.93. The van der Waals surface area contributed by atoms with Crippen molar-refractivity contribution in [1.29, 1.82) is 0 Å². The van der Waals surface area contributed by atoms with Crippen LogP contribution in [0.3, 0.4) is 0 Å². The van der Waals surface area contributed by atoms with Crippen LogP contribution in [0, 0.1) is 11.8 Å². The van der Waals surface area contributed by atoms with Crippen LogP contribution in [-0.2, 0) is 19.4 Å². The largest absolute Gasteiger partial charge is 0.348 e. The maximum atomic E-state index is 13.4. The molecule has 4 nitrogen and oxygen atoms in total.